The molecule has 2 N–H and O–H groups in total. The van der Waals surface area contributed by atoms with Crippen LogP contribution in [0.5, 0.6) is 0 Å². The van der Waals surface area contributed by atoms with Crippen molar-refractivity contribution in [2.45, 2.75) is 6.92 Å². The lowest BCUT2D eigenvalue weighted by Crippen LogP contribution is -2.13. The van der Waals surface area contributed by atoms with E-state index in [4.69, 9.17) is 11.6 Å². The summed E-state index contributed by atoms with van der Waals surface area (Å²) in [6.45, 7) is 1.80. The van der Waals surface area contributed by atoms with Crippen LogP contribution in [0.3, 0.4) is 0 Å². The third-order valence-electron chi connectivity index (χ3n) is 1.71. The van der Waals surface area contributed by atoms with Gasteiger partial charge in [0.15, 0.2) is 0 Å². The van der Waals surface area contributed by atoms with E-state index < -0.39 is 0 Å². The smallest absolute Gasteiger partial charge is 0.251 e. The van der Waals surface area contributed by atoms with E-state index in [1.165, 1.54) is 6.08 Å². The van der Waals surface area contributed by atoms with Crippen LogP contribution in [0.15, 0.2) is 30.0 Å². The van der Waals surface area contributed by atoms with E-state index in [9.17, 15) is 4.79 Å². The fraction of sp³-hybridized carbons (Fsp3) is 0.200. The lowest BCUT2D eigenvalue weighted by atomic mass is 10.4. The SMILES string of the molecule is CNC(C)=CC(=O)Nc1cccc(Cl)n1. The topological polar surface area (TPSA) is 54.0 Å². The number of anilines is 1. The van der Waals surface area contributed by atoms with Crippen LogP contribution in [-0.2, 0) is 4.79 Å². The number of allylic oxidation sites excluding steroid dienone is 1. The number of hydrogen-bond acceptors (Lipinski definition) is 3. The first-order valence-electron chi connectivity index (χ1n) is 4.41. The number of nitrogens with one attached hydrogen (secondary N) is 2. The van der Waals surface area contributed by atoms with Gasteiger partial charge in [-0.05, 0) is 19.1 Å². The van der Waals surface area contributed by atoms with Gasteiger partial charge in [0, 0.05) is 18.8 Å². The van der Waals surface area contributed by atoms with Gasteiger partial charge in [0.2, 0.25) is 0 Å². The Labute approximate surface area is 93.4 Å². The zero-order chi connectivity index (χ0) is 11.3. The first-order chi connectivity index (χ1) is 7.11. The van der Waals surface area contributed by atoms with Crippen molar-refractivity contribution >= 4 is 23.3 Å². The Bertz CT molecular complexity index is 390. The summed E-state index contributed by atoms with van der Waals surface area (Å²) in [6.07, 6.45) is 1.45. The minimum absolute atomic E-state index is 0.239. The second-order valence-electron chi connectivity index (χ2n) is 2.91. The highest BCUT2D eigenvalue weighted by molar-refractivity contribution is 6.29. The lowest BCUT2D eigenvalue weighted by Gasteiger charge is -2.02. The predicted octanol–water partition coefficient (Wildman–Crippen LogP) is 1.80. The molecule has 0 saturated carbocycles. The van der Waals surface area contributed by atoms with Crippen LogP contribution in [0.4, 0.5) is 5.82 Å². The van der Waals surface area contributed by atoms with E-state index >= 15 is 0 Å². The highest BCUT2D eigenvalue weighted by atomic mass is 35.5. The molecule has 1 aromatic rings. The molecule has 1 aromatic heterocycles. The second-order valence-corrected chi connectivity index (χ2v) is 3.30. The van der Waals surface area contributed by atoms with Crippen molar-refractivity contribution in [1.29, 1.82) is 0 Å². The third kappa shape index (κ3) is 3.99. The van der Waals surface area contributed by atoms with Crippen LogP contribution in [0.25, 0.3) is 0 Å². The van der Waals surface area contributed by atoms with Crippen LogP contribution >= 0.6 is 11.6 Å². The Morgan fingerprint density at radius 1 is 1.53 bits per heavy atom. The maximum atomic E-state index is 11.4. The summed E-state index contributed by atoms with van der Waals surface area (Å²) in [7, 11) is 1.75. The summed E-state index contributed by atoms with van der Waals surface area (Å²) in [6, 6.07) is 5.04. The average molecular weight is 226 g/mol. The van der Waals surface area contributed by atoms with Crippen molar-refractivity contribution in [3.63, 3.8) is 0 Å². The van der Waals surface area contributed by atoms with E-state index in [0.29, 0.717) is 11.0 Å². The fourth-order valence-electron chi connectivity index (χ4n) is 0.909. The summed E-state index contributed by atoms with van der Waals surface area (Å²) in [5.41, 5.74) is 0.773. The molecule has 0 aliphatic rings. The molecular formula is C10H12ClN3O. The molecule has 0 unspecified atom stereocenters. The lowest BCUT2D eigenvalue weighted by molar-refractivity contribution is -0.112. The van der Waals surface area contributed by atoms with Gasteiger partial charge in [-0.2, -0.15) is 0 Å². The predicted molar refractivity (Wildman–Crippen MR) is 60.7 cm³/mol. The average Bonchev–Trinajstić information content (AvgIpc) is 2.17. The molecule has 0 saturated heterocycles. The Hall–Kier alpha value is -1.55. The molecule has 0 atom stereocenters. The molecule has 15 heavy (non-hydrogen) atoms. The summed E-state index contributed by atoms with van der Waals surface area (Å²) >= 11 is 5.67. The molecule has 0 radical (unpaired) electrons. The minimum Gasteiger partial charge on any atom is -0.391 e. The number of pyridine rings is 1. The van der Waals surface area contributed by atoms with Crippen LogP contribution in [0.1, 0.15) is 6.92 Å². The molecule has 1 heterocycles. The highest BCUT2D eigenvalue weighted by Gasteiger charge is 2.00. The molecule has 4 nitrogen and oxygen atoms in total. The molecule has 5 heteroatoms. The first kappa shape index (κ1) is 11.5. The summed E-state index contributed by atoms with van der Waals surface area (Å²) in [4.78, 5) is 15.3. The van der Waals surface area contributed by atoms with E-state index in [1.807, 2.05) is 0 Å². The standard InChI is InChI=1S/C10H12ClN3O/c1-7(12-2)6-10(15)14-9-5-3-4-8(11)13-9/h3-6,12H,1-2H3,(H,13,14,15). The monoisotopic (exact) mass is 225 g/mol. The van der Waals surface area contributed by atoms with Gasteiger partial charge in [-0.3, -0.25) is 4.79 Å². The number of amides is 1. The number of carbonyl (C=O) groups is 1. The number of rotatable bonds is 3. The Kier molecular flexibility index (Phi) is 4.12. The van der Waals surface area contributed by atoms with Crippen molar-refractivity contribution in [3.05, 3.63) is 35.1 Å². The summed E-state index contributed by atoms with van der Waals surface area (Å²) in [5, 5.41) is 5.79. The van der Waals surface area contributed by atoms with Crippen molar-refractivity contribution in [1.82, 2.24) is 10.3 Å². The van der Waals surface area contributed by atoms with Gasteiger partial charge in [0.05, 0.1) is 0 Å². The molecule has 0 aliphatic carbocycles. The quantitative estimate of drug-likeness (QED) is 0.609. The van der Waals surface area contributed by atoms with E-state index in [1.54, 1.807) is 32.2 Å². The van der Waals surface area contributed by atoms with Gasteiger partial charge in [-0.15, -0.1) is 0 Å². The van der Waals surface area contributed by atoms with E-state index in [2.05, 4.69) is 15.6 Å². The second kappa shape index (κ2) is 5.36. The summed E-state index contributed by atoms with van der Waals surface area (Å²) in [5.74, 6) is 0.198. The van der Waals surface area contributed by atoms with Crippen molar-refractivity contribution in [2.75, 3.05) is 12.4 Å². The molecule has 0 fully saturated rings. The van der Waals surface area contributed by atoms with Crippen LogP contribution in [-0.4, -0.2) is 17.9 Å². The number of aromatic nitrogens is 1. The normalized spacial score (nSPS) is 11.0. The number of nitrogens with zero attached hydrogens (tertiary/aromatic N) is 1. The first-order valence-corrected chi connectivity index (χ1v) is 4.79. The van der Waals surface area contributed by atoms with Crippen molar-refractivity contribution in [2.24, 2.45) is 0 Å². The van der Waals surface area contributed by atoms with Gasteiger partial charge in [0.1, 0.15) is 11.0 Å². The van der Waals surface area contributed by atoms with Gasteiger partial charge in [-0.25, -0.2) is 4.98 Å². The Morgan fingerprint density at radius 2 is 2.27 bits per heavy atom. The minimum atomic E-state index is -0.239. The molecular weight excluding hydrogens is 214 g/mol. The molecule has 0 aliphatic heterocycles. The number of hydrogen-bond donors (Lipinski definition) is 2. The number of halogens is 1. The van der Waals surface area contributed by atoms with Gasteiger partial charge >= 0.3 is 0 Å². The Balaban J connectivity index is 2.67. The zero-order valence-corrected chi connectivity index (χ0v) is 9.30. The van der Waals surface area contributed by atoms with Crippen LogP contribution < -0.4 is 10.6 Å². The largest absolute Gasteiger partial charge is 0.391 e. The van der Waals surface area contributed by atoms with Gasteiger partial charge in [0.25, 0.3) is 5.91 Å². The molecule has 1 amide bonds. The molecule has 0 spiro atoms. The van der Waals surface area contributed by atoms with Gasteiger partial charge in [-0.1, -0.05) is 17.7 Å². The number of carbonyl (C=O) groups excluding carboxylic acids is 1. The highest BCUT2D eigenvalue weighted by Crippen LogP contribution is 2.08. The molecule has 1 rings (SSSR count). The van der Waals surface area contributed by atoms with Crippen molar-refractivity contribution in [3.8, 4) is 0 Å². The van der Waals surface area contributed by atoms with Gasteiger partial charge < -0.3 is 10.6 Å². The maximum Gasteiger partial charge on any atom is 0.251 e. The Morgan fingerprint density at radius 3 is 2.87 bits per heavy atom. The zero-order valence-electron chi connectivity index (χ0n) is 8.54. The fourth-order valence-corrected chi connectivity index (χ4v) is 1.07. The van der Waals surface area contributed by atoms with Crippen molar-refractivity contribution < 1.29 is 4.79 Å². The van der Waals surface area contributed by atoms with Crippen LogP contribution in [0.2, 0.25) is 5.15 Å². The third-order valence-corrected chi connectivity index (χ3v) is 1.92. The molecule has 0 bridgehead atoms. The van der Waals surface area contributed by atoms with E-state index in [-0.39, 0.29) is 5.91 Å². The summed E-state index contributed by atoms with van der Waals surface area (Å²) < 4.78 is 0. The maximum absolute atomic E-state index is 11.4. The van der Waals surface area contributed by atoms with Crippen LogP contribution in [0, 0.1) is 0 Å². The van der Waals surface area contributed by atoms with E-state index in [0.717, 1.165) is 5.70 Å². The molecule has 0 aromatic carbocycles. The molecule has 80 valence electrons.